The Bertz CT molecular complexity index is 222. The Kier molecular flexibility index (Phi) is 3.97. The predicted molar refractivity (Wildman–Crippen MR) is 61.7 cm³/mol. The van der Waals surface area contributed by atoms with Crippen LogP contribution in [0.1, 0.15) is 39.5 Å². The summed E-state index contributed by atoms with van der Waals surface area (Å²) >= 11 is 0. The Labute approximate surface area is 92.2 Å². The van der Waals surface area contributed by atoms with Gasteiger partial charge in [0.2, 0.25) is 0 Å². The zero-order valence-corrected chi connectivity index (χ0v) is 10.0. The molecule has 1 aliphatic rings. The van der Waals surface area contributed by atoms with E-state index in [1.54, 1.807) is 4.90 Å². The van der Waals surface area contributed by atoms with E-state index in [0.29, 0.717) is 6.54 Å². The number of nitrogens with one attached hydrogen (secondary N) is 1. The lowest BCUT2D eigenvalue weighted by Gasteiger charge is -2.32. The van der Waals surface area contributed by atoms with Gasteiger partial charge in [0.1, 0.15) is 0 Å². The molecule has 4 heteroatoms. The Balaban J connectivity index is 2.55. The Morgan fingerprint density at radius 3 is 2.40 bits per heavy atom. The summed E-state index contributed by atoms with van der Waals surface area (Å²) in [6, 6.07) is 0.221. The van der Waals surface area contributed by atoms with Crippen molar-refractivity contribution in [1.82, 2.24) is 10.2 Å². The van der Waals surface area contributed by atoms with Crippen molar-refractivity contribution in [1.29, 1.82) is 0 Å². The van der Waals surface area contributed by atoms with Gasteiger partial charge in [0, 0.05) is 19.6 Å². The first-order valence-corrected chi connectivity index (χ1v) is 5.76. The van der Waals surface area contributed by atoms with Gasteiger partial charge in [-0.15, -0.1) is 0 Å². The highest BCUT2D eigenvalue weighted by Crippen LogP contribution is 2.28. The van der Waals surface area contributed by atoms with E-state index in [2.05, 4.69) is 5.32 Å². The lowest BCUT2D eigenvalue weighted by atomic mass is 9.98. The van der Waals surface area contributed by atoms with Gasteiger partial charge in [0.25, 0.3) is 0 Å². The van der Waals surface area contributed by atoms with Crippen LogP contribution in [0.2, 0.25) is 0 Å². The van der Waals surface area contributed by atoms with Crippen LogP contribution in [0.25, 0.3) is 0 Å². The maximum Gasteiger partial charge on any atom is 0.317 e. The van der Waals surface area contributed by atoms with E-state index >= 15 is 0 Å². The van der Waals surface area contributed by atoms with Crippen molar-refractivity contribution in [3.8, 4) is 0 Å². The van der Waals surface area contributed by atoms with Gasteiger partial charge in [-0.3, -0.25) is 0 Å². The molecule has 0 aromatic heterocycles. The maximum absolute atomic E-state index is 11.9. The van der Waals surface area contributed by atoms with E-state index in [1.807, 2.05) is 20.9 Å². The lowest BCUT2D eigenvalue weighted by Crippen LogP contribution is -2.56. The standard InChI is InChI=1S/C11H23N3O/c1-9(2)14(3)10(15)13-11(8-12)6-4-5-7-11/h9H,4-8,12H2,1-3H3,(H,13,15). The van der Waals surface area contributed by atoms with Crippen LogP contribution in [0.5, 0.6) is 0 Å². The van der Waals surface area contributed by atoms with Gasteiger partial charge in [-0.05, 0) is 26.7 Å². The molecule has 0 aromatic rings. The molecule has 0 aromatic carbocycles. The van der Waals surface area contributed by atoms with E-state index in [-0.39, 0.29) is 17.6 Å². The number of urea groups is 1. The van der Waals surface area contributed by atoms with Crippen LogP contribution in [0.3, 0.4) is 0 Å². The molecule has 3 N–H and O–H groups in total. The summed E-state index contributed by atoms with van der Waals surface area (Å²) in [7, 11) is 1.82. The summed E-state index contributed by atoms with van der Waals surface area (Å²) in [5, 5.41) is 3.09. The third-order valence-electron chi connectivity index (χ3n) is 3.42. The fraction of sp³-hybridized carbons (Fsp3) is 0.909. The molecular weight excluding hydrogens is 190 g/mol. The van der Waals surface area contributed by atoms with Crippen LogP contribution >= 0.6 is 0 Å². The summed E-state index contributed by atoms with van der Waals surface area (Å²) in [5.41, 5.74) is 5.62. The van der Waals surface area contributed by atoms with Crippen molar-refractivity contribution in [3.05, 3.63) is 0 Å². The fourth-order valence-corrected chi connectivity index (χ4v) is 1.98. The molecule has 1 aliphatic carbocycles. The van der Waals surface area contributed by atoms with E-state index in [1.165, 1.54) is 12.8 Å². The molecule has 0 unspecified atom stereocenters. The Hall–Kier alpha value is -0.770. The van der Waals surface area contributed by atoms with Crippen molar-refractivity contribution < 1.29 is 4.79 Å². The molecule has 1 fully saturated rings. The van der Waals surface area contributed by atoms with Gasteiger partial charge in [-0.2, -0.15) is 0 Å². The predicted octanol–water partition coefficient (Wildman–Crippen LogP) is 1.31. The molecule has 0 heterocycles. The van der Waals surface area contributed by atoms with Gasteiger partial charge in [-0.1, -0.05) is 12.8 Å². The number of carbonyl (C=O) groups excluding carboxylic acids is 1. The van der Waals surface area contributed by atoms with Crippen LogP contribution in [0, 0.1) is 0 Å². The average Bonchev–Trinajstić information content (AvgIpc) is 2.65. The molecule has 0 spiro atoms. The first kappa shape index (κ1) is 12.3. The highest BCUT2D eigenvalue weighted by Gasteiger charge is 2.34. The van der Waals surface area contributed by atoms with Gasteiger partial charge in [0.15, 0.2) is 0 Å². The molecule has 0 saturated heterocycles. The lowest BCUT2D eigenvalue weighted by molar-refractivity contribution is 0.183. The number of nitrogens with zero attached hydrogens (tertiary/aromatic N) is 1. The monoisotopic (exact) mass is 213 g/mol. The second-order valence-corrected chi connectivity index (χ2v) is 4.83. The number of rotatable bonds is 3. The molecule has 88 valence electrons. The third-order valence-corrected chi connectivity index (χ3v) is 3.42. The summed E-state index contributed by atoms with van der Waals surface area (Å²) in [6.45, 7) is 4.55. The molecule has 0 radical (unpaired) electrons. The Morgan fingerprint density at radius 2 is 2.00 bits per heavy atom. The van der Waals surface area contributed by atoms with Crippen LogP contribution in [-0.2, 0) is 0 Å². The molecule has 0 bridgehead atoms. The SMILES string of the molecule is CC(C)N(C)C(=O)NC1(CN)CCCC1. The van der Waals surface area contributed by atoms with E-state index in [9.17, 15) is 4.79 Å². The van der Waals surface area contributed by atoms with Gasteiger partial charge in [0.05, 0.1) is 5.54 Å². The van der Waals surface area contributed by atoms with E-state index in [0.717, 1.165) is 12.8 Å². The summed E-state index contributed by atoms with van der Waals surface area (Å²) in [6.07, 6.45) is 4.37. The van der Waals surface area contributed by atoms with Gasteiger partial charge in [-0.25, -0.2) is 4.79 Å². The number of hydrogen-bond acceptors (Lipinski definition) is 2. The molecule has 4 nitrogen and oxygen atoms in total. The summed E-state index contributed by atoms with van der Waals surface area (Å²) < 4.78 is 0. The molecule has 2 amide bonds. The van der Waals surface area contributed by atoms with Crippen molar-refractivity contribution in [2.45, 2.75) is 51.1 Å². The molecular formula is C11H23N3O. The minimum Gasteiger partial charge on any atom is -0.331 e. The largest absolute Gasteiger partial charge is 0.331 e. The second-order valence-electron chi connectivity index (χ2n) is 4.83. The van der Waals surface area contributed by atoms with Crippen molar-refractivity contribution >= 4 is 6.03 Å². The Morgan fingerprint density at radius 1 is 1.47 bits per heavy atom. The normalized spacial score (nSPS) is 19.3. The topological polar surface area (TPSA) is 58.4 Å². The van der Waals surface area contributed by atoms with E-state index < -0.39 is 0 Å². The number of carbonyl (C=O) groups is 1. The quantitative estimate of drug-likeness (QED) is 0.742. The number of amides is 2. The van der Waals surface area contributed by atoms with Crippen LogP contribution in [0.4, 0.5) is 4.79 Å². The fourth-order valence-electron chi connectivity index (χ4n) is 1.98. The molecule has 1 saturated carbocycles. The summed E-state index contributed by atoms with van der Waals surface area (Å²) in [5.74, 6) is 0. The highest BCUT2D eigenvalue weighted by atomic mass is 16.2. The van der Waals surface area contributed by atoms with Crippen LogP contribution in [0.15, 0.2) is 0 Å². The van der Waals surface area contributed by atoms with Gasteiger partial charge >= 0.3 is 6.03 Å². The van der Waals surface area contributed by atoms with Crippen molar-refractivity contribution in [2.75, 3.05) is 13.6 Å². The minimum atomic E-state index is -0.139. The van der Waals surface area contributed by atoms with Crippen LogP contribution in [-0.4, -0.2) is 36.1 Å². The van der Waals surface area contributed by atoms with Crippen molar-refractivity contribution in [2.24, 2.45) is 5.73 Å². The molecule has 1 rings (SSSR count). The van der Waals surface area contributed by atoms with E-state index in [4.69, 9.17) is 5.73 Å². The third kappa shape index (κ3) is 2.84. The maximum atomic E-state index is 11.9. The zero-order chi connectivity index (χ0) is 11.5. The van der Waals surface area contributed by atoms with Gasteiger partial charge < -0.3 is 16.0 Å². The highest BCUT2D eigenvalue weighted by molar-refractivity contribution is 5.75. The molecule has 0 atom stereocenters. The summed E-state index contributed by atoms with van der Waals surface area (Å²) in [4.78, 5) is 13.6. The zero-order valence-electron chi connectivity index (χ0n) is 10.0. The second kappa shape index (κ2) is 4.84. The first-order valence-electron chi connectivity index (χ1n) is 5.76. The van der Waals surface area contributed by atoms with Crippen molar-refractivity contribution in [3.63, 3.8) is 0 Å². The number of nitrogens with two attached hydrogens (primary N) is 1. The first-order chi connectivity index (χ1) is 7.01. The minimum absolute atomic E-state index is 0.00245. The molecule has 0 aliphatic heterocycles. The number of hydrogen-bond donors (Lipinski definition) is 2. The smallest absolute Gasteiger partial charge is 0.317 e. The average molecular weight is 213 g/mol. The molecule has 15 heavy (non-hydrogen) atoms. The van der Waals surface area contributed by atoms with Crippen LogP contribution < -0.4 is 11.1 Å².